The molecule has 6 heteroatoms. The Bertz CT molecular complexity index is 751. The number of hydrogen-bond acceptors (Lipinski definition) is 5. The molecule has 1 N–H and O–H groups in total. The van der Waals surface area contributed by atoms with Crippen molar-refractivity contribution >= 4 is 17.2 Å². The Labute approximate surface area is 153 Å². The number of aromatic nitrogens is 1. The zero-order chi connectivity index (χ0) is 17.8. The maximum Gasteiger partial charge on any atom is 0.263 e. The normalized spacial score (nSPS) is 14.7. The number of carbonyl (C=O) groups is 1. The van der Waals surface area contributed by atoms with Gasteiger partial charge in [-0.25, -0.2) is 4.98 Å². The molecule has 0 saturated carbocycles. The number of likely N-dealkylation sites (tertiary alicyclic amines) is 1. The minimum absolute atomic E-state index is 0.0217. The van der Waals surface area contributed by atoms with Gasteiger partial charge in [-0.05, 0) is 63.5 Å². The number of aryl methyl sites for hydroxylation is 2. The fraction of sp³-hybridized carbons (Fsp3) is 0.474. The lowest BCUT2D eigenvalue weighted by Crippen LogP contribution is -2.33. The highest BCUT2D eigenvalue weighted by atomic mass is 32.1. The molecule has 0 radical (unpaired) electrons. The van der Waals surface area contributed by atoms with Gasteiger partial charge in [-0.1, -0.05) is 0 Å². The Hall–Kier alpha value is -1.92. The van der Waals surface area contributed by atoms with Crippen LogP contribution < -0.4 is 10.1 Å². The Balaban J connectivity index is 1.68. The van der Waals surface area contributed by atoms with E-state index in [4.69, 9.17) is 4.74 Å². The number of rotatable bonds is 6. The molecule has 1 aliphatic rings. The topological polar surface area (TPSA) is 54.5 Å². The van der Waals surface area contributed by atoms with Gasteiger partial charge in [0.05, 0.1) is 12.8 Å². The Morgan fingerprint density at radius 3 is 2.76 bits per heavy atom. The summed E-state index contributed by atoms with van der Waals surface area (Å²) in [5.41, 5.74) is 2.92. The van der Waals surface area contributed by atoms with Crippen LogP contribution in [-0.4, -0.2) is 49.1 Å². The molecule has 25 heavy (non-hydrogen) atoms. The van der Waals surface area contributed by atoms with Crippen LogP contribution >= 0.6 is 11.3 Å². The van der Waals surface area contributed by atoms with Crippen molar-refractivity contribution in [3.05, 3.63) is 34.3 Å². The fourth-order valence-electron chi connectivity index (χ4n) is 3.14. The second-order valence-corrected chi connectivity index (χ2v) is 7.42. The van der Waals surface area contributed by atoms with Crippen LogP contribution in [0.4, 0.5) is 0 Å². The molecule has 5 nitrogen and oxygen atoms in total. The van der Waals surface area contributed by atoms with Crippen LogP contribution in [-0.2, 0) is 0 Å². The zero-order valence-corrected chi connectivity index (χ0v) is 15.9. The number of amides is 1. The van der Waals surface area contributed by atoms with E-state index >= 15 is 0 Å². The van der Waals surface area contributed by atoms with Crippen molar-refractivity contribution in [2.75, 3.05) is 33.3 Å². The quantitative estimate of drug-likeness (QED) is 0.860. The highest BCUT2D eigenvalue weighted by molar-refractivity contribution is 7.17. The van der Waals surface area contributed by atoms with Gasteiger partial charge in [0.1, 0.15) is 15.6 Å². The molecule has 1 aliphatic heterocycles. The zero-order valence-electron chi connectivity index (χ0n) is 15.1. The summed E-state index contributed by atoms with van der Waals surface area (Å²) >= 11 is 1.45. The van der Waals surface area contributed by atoms with Crippen molar-refractivity contribution in [3.8, 4) is 16.3 Å². The molecule has 1 saturated heterocycles. The molecular formula is C19H25N3O2S. The number of carbonyl (C=O) groups excluding carboxylic acids is 1. The van der Waals surface area contributed by atoms with Gasteiger partial charge < -0.3 is 15.0 Å². The van der Waals surface area contributed by atoms with E-state index in [9.17, 15) is 4.79 Å². The van der Waals surface area contributed by atoms with Crippen molar-refractivity contribution in [2.24, 2.45) is 0 Å². The second kappa shape index (κ2) is 7.97. The second-order valence-electron chi connectivity index (χ2n) is 6.42. The molecule has 1 amide bonds. The van der Waals surface area contributed by atoms with E-state index in [0.717, 1.165) is 47.2 Å². The lowest BCUT2D eigenvalue weighted by Gasteiger charge is -2.14. The predicted octanol–water partition coefficient (Wildman–Crippen LogP) is 3.26. The van der Waals surface area contributed by atoms with Gasteiger partial charge in [-0.15, -0.1) is 11.3 Å². The van der Waals surface area contributed by atoms with E-state index in [1.165, 1.54) is 24.2 Å². The lowest BCUT2D eigenvalue weighted by atomic mass is 10.1. The van der Waals surface area contributed by atoms with Crippen LogP contribution in [0.1, 0.15) is 33.8 Å². The standard InChI is InChI=1S/C19H25N3O2S/c1-13-12-15(24-3)6-7-16(13)19-21-14(2)17(25-19)18(23)20-8-11-22-9-4-5-10-22/h6-7,12H,4-5,8-11H2,1-3H3,(H,20,23). The molecule has 1 aromatic heterocycles. The highest BCUT2D eigenvalue weighted by Crippen LogP contribution is 2.32. The monoisotopic (exact) mass is 359 g/mol. The Kier molecular flexibility index (Phi) is 5.71. The third-order valence-electron chi connectivity index (χ3n) is 4.58. The van der Waals surface area contributed by atoms with E-state index in [2.05, 4.69) is 15.2 Å². The van der Waals surface area contributed by atoms with E-state index in [1.807, 2.05) is 32.0 Å². The van der Waals surface area contributed by atoms with Gasteiger partial charge in [-0.2, -0.15) is 0 Å². The maximum atomic E-state index is 12.5. The number of hydrogen-bond donors (Lipinski definition) is 1. The molecular weight excluding hydrogens is 334 g/mol. The average Bonchev–Trinajstić information content (AvgIpc) is 3.24. The fourth-order valence-corrected chi connectivity index (χ4v) is 4.21. The molecule has 1 aromatic carbocycles. The number of nitrogens with one attached hydrogen (secondary N) is 1. The third-order valence-corrected chi connectivity index (χ3v) is 5.77. The van der Waals surface area contributed by atoms with Crippen molar-refractivity contribution in [3.63, 3.8) is 0 Å². The van der Waals surface area contributed by atoms with Gasteiger partial charge >= 0.3 is 0 Å². The van der Waals surface area contributed by atoms with Gasteiger partial charge in [0.25, 0.3) is 5.91 Å². The summed E-state index contributed by atoms with van der Waals surface area (Å²) in [6.07, 6.45) is 2.54. The van der Waals surface area contributed by atoms with Gasteiger partial charge in [-0.3, -0.25) is 4.79 Å². The van der Waals surface area contributed by atoms with E-state index in [0.29, 0.717) is 11.4 Å². The lowest BCUT2D eigenvalue weighted by molar-refractivity contribution is 0.0953. The van der Waals surface area contributed by atoms with Crippen LogP contribution in [0.15, 0.2) is 18.2 Å². The first-order valence-corrected chi connectivity index (χ1v) is 9.53. The average molecular weight is 359 g/mol. The number of benzene rings is 1. The molecule has 0 aliphatic carbocycles. The summed E-state index contributed by atoms with van der Waals surface area (Å²) in [6, 6.07) is 5.91. The highest BCUT2D eigenvalue weighted by Gasteiger charge is 2.18. The summed E-state index contributed by atoms with van der Waals surface area (Å²) in [4.78, 5) is 20.2. The molecule has 1 fully saturated rings. The van der Waals surface area contributed by atoms with Gasteiger partial charge in [0.2, 0.25) is 0 Å². The minimum atomic E-state index is -0.0217. The van der Waals surface area contributed by atoms with Crippen LogP contribution in [0.3, 0.4) is 0 Å². The van der Waals surface area contributed by atoms with Crippen LogP contribution in [0.2, 0.25) is 0 Å². The molecule has 3 rings (SSSR count). The number of methoxy groups -OCH3 is 1. The van der Waals surface area contributed by atoms with E-state index in [1.54, 1.807) is 7.11 Å². The summed E-state index contributed by atoms with van der Waals surface area (Å²) in [5, 5.41) is 3.91. The summed E-state index contributed by atoms with van der Waals surface area (Å²) in [6.45, 7) is 7.84. The summed E-state index contributed by atoms with van der Waals surface area (Å²) in [5.74, 6) is 0.806. The smallest absolute Gasteiger partial charge is 0.263 e. The maximum absolute atomic E-state index is 12.5. The first-order chi connectivity index (χ1) is 12.1. The molecule has 0 unspecified atom stereocenters. The summed E-state index contributed by atoms with van der Waals surface area (Å²) < 4.78 is 5.25. The van der Waals surface area contributed by atoms with Crippen LogP contribution in [0.5, 0.6) is 5.75 Å². The van der Waals surface area contributed by atoms with Gasteiger partial charge in [0.15, 0.2) is 0 Å². The number of thiazole rings is 1. The van der Waals surface area contributed by atoms with Crippen molar-refractivity contribution < 1.29 is 9.53 Å². The Morgan fingerprint density at radius 2 is 2.08 bits per heavy atom. The van der Waals surface area contributed by atoms with Crippen molar-refractivity contribution in [2.45, 2.75) is 26.7 Å². The first-order valence-electron chi connectivity index (χ1n) is 8.71. The van der Waals surface area contributed by atoms with Gasteiger partial charge in [0, 0.05) is 18.7 Å². The van der Waals surface area contributed by atoms with Crippen LogP contribution in [0, 0.1) is 13.8 Å². The molecule has 0 spiro atoms. The molecule has 0 atom stereocenters. The third kappa shape index (κ3) is 4.19. The summed E-state index contributed by atoms with van der Waals surface area (Å²) in [7, 11) is 1.66. The van der Waals surface area contributed by atoms with Crippen molar-refractivity contribution in [1.82, 2.24) is 15.2 Å². The predicted molar refractivity (Wildman–Crippen MR) is 102 cm³/mol. The minimum Gasteiger partial charge on any atom is -0.497 e. The first kappa shape index (κ1) is 17.9. The molecule has 134 valence electrons. The SMILES string of the molecule is COc1ccc(-c2nc(C)c(C(=O)NCCN3CCCC3)s2)c(C)c1. The number of nitrogens with zero attached hydrogens (tertiary/aromatic N) is 2. The van der Waals surface area contributed by atoms with Crippen molar-refractivity contribution in [1.29, 1.82) is 0 Å². The largest absolute Gasteiger partial charge is 0.497 e. The molecule has 2 aromatic rings. The molecule has 2 heterocycles. The Morgan fingerprint density at radius 1 is 1.32 bits per heavy atom. The van der Waals surface area contributed by atoms with Crippen LogP contribution in [0.25, 0.3) is 10.6 Å². The molecule has 0 bridgehead atoms. The number of ether oxygens (including phenoxy) is 1. The van der Waals surface area contributed by atoms with E-state index < -0.39 is 0 Å². The van der Waals surface area contributed by atoms with E-state index in [-0.39, 0.29) is 5.91 Å².